The lowest BCUT2D eigenvalue weighted by Crippen LogP contribution is -2.46. The molecule has 1 aromatic rings. The Hall–Kier alpha value is -0.840. The predicted molar refractivity (Wildman–Crippen MR) is 73.4 cm³/mol. The number of aromatic nitrogens is 1. The Morgan fingerprint density at radius 3 is 2.78 bits per heavy atom. The zero-order valence-corrected chi connectivity index (χ0v) is 11.2. The molecule has 1 aromatic heterocycles. The van der Waals surface area contributed by atoms with Crippen molar-refractivity contribution in [2.24, 2.45) is 5.73 Å². The summed E-state index contributed by atoms with van der Waals surface area (Å²) in [7, 11) is 2.18. The van der Waals surface area contributed by atoms with Gasteiger partial charge in [-0.2, -0.15) is 0 Å². The average molecular weight is 251 g/mol. The minimum Gasteiger partial charge on any atom is -0.389 e. The Morgan fingerprint density at radius 1 is 1.50 bits per heavy atom. The summed E-state index contributed by atoms with van der Waals surface area (Å²) in [6.45, 7) is 1.47. The van der Waals surface area contributed by atoms with E-state index in [0.717, 1.165) is 38.6 Å². The highest BCUT2D eigenvalue weighted by atomic mass is 16.3. The molecule has 4 nitrogen and oxygen atoms in total. The molecule has 1 aliphatic carbocycles. The molecule has 2 rings (SSSR count). The van der Waals surface area contributed by atoms with Gasteiger partial charge in [0, 0.05) is 31.5 Å². The van der Waals surface area contributed by atoms with Crippen molar-refractivity contribution in [3.63, 3.8) is 0 Å². The summed E-state index contributed by atoms with van der Waals surface area (Å²) in [4.78, 5) is 5.51. The maximum Gasteiger partial charge on any atom is 0.0770 e. The molecule has 18 heavy (non-hydrogen) atoms. The van der Waals surface area contributed by atoms with Crippen LogP contribution in [-0.4, -0.2) is 46.8 Å². The van der Waals surface area contributed by atoms with Crippen molar-refractivity contribution in [2.75, 3.05) is 20.1 Å². The molecular weight excluding hydrogens is 226 g/mol. The van der Waals surface area contributed by atoms with Gasteiger partial charge in [-0.1, -0.05) is 0 Å². The normalized spacial score (nSPS) is 28.8. The van der Waals surface area contributed by atoms with E-state index in [2.05, 4.69) is 29.2 Å². The summed E-state index contributed by atoms with van der Waals surface area (Å²) >= 11 is 0. The first kappa shape index (κ1) is 13.6. The molecule has 0 spiro atoms. The fourth-order valence-corrected chi connectivity index (χ4v) is 2.79. The quantitative estimate of drug-likeness (QED) is 0.735. The van der Waals surface area contributed by atoms with E-state index in [1.54, 1.807) is 0 Å². The van der Waals surface area contributed by atoms with Gasteiger partial charge in [0.15, 0.2) is 0 Å². The average Bonchev–Trinajstić information content (AvgIpc) is 2.90. The molecule has 0 radical (unpaired) electrons. The second-order valence-electron chi connectivity index (χ2n) is 5.61. The largest absolute Gasteiger partial charge is 0.389 e. The molecule has 1 fully saturated rings. The first-order valence-electron chi connectivity index (χ1n) is 6.87. The van der Waals surface area contributed by atoms with Gasteiger partial charge in [-0.3, -0.25) is 0 Å². The smallest absolute Gasteiger partial charge is 0.0770 e. The van der Waals surface area contributed by atoms with Crippen molar-refractivity contribution in [1.82, 2.24) is 9.88 Å². The third-order valence-electron chi connectivity index (χ3n) is 4.30. The first-order valence-corrected chi connectivity index (χ1v) is 6.87. The molecule has 0 amide bonds. The number of rotatable bonds is 5. The molecule has 1 saturated carbocycles. The van der Waals surface area contributed by atoms with Gasteiger partial charge >= 0.3 is 0 Å². The minimum absolute atomic E-state index is 0.396. The van der Waals surface area contributed by atoms with E-state index in [4.69, 9.17) is 5.73 Å². The lowest BCUT2D eigenvalue weighted by Gasteiger charge is -2.39. The maximum atomic E-state index is 10.1. The van der Waals surface area contributed by atoms with E-state index in [-0.39, 0.29) is 0 Å². The van der Waals surface area contributed by atoms with E-state index in [1.165, 1.54) is 5.56 Å². The van der Waals surface area contributed by atoms with Crippen LogP contribution in [0.4, 0.5) is 0 Å². The van der Waals surface area contributed by atoms with E-state index >= 15 is 0 Å². The van der Waals surface area contributed by atoms with Crippen LogP contribution in [0.25, 0.3) is 0 Å². The van der Waals surface area contributed by atoms with Gasteiger partial charge in [-0.05, 0) is 50.8 Å². The summed E-state index contributed by atoms with van der Waals surface area (Å²) in [6, 6.07) is 2.72. The van der Waals surface area contributed by atoms with Crippen molar-refractivity contribution in [2.45, 2.75) is 43.7 Å². The first-order chi connectivity index (χ1) is 8.63. The zero-order chi connectivity index (χ0) is 13.0. The second kappa shape index (κ2) is 5.87. The van der Waals surface area contributed by atoms with Gasteiger partial charge in [-0.15, -0.1) is 0 Å². The van der Waals surface area contributed by atoms with Crippen LogP contribution in [-0.2, 0) is 6.42 Å². The molecule has 1 aliphatic rings. The molecule has 4 heteroatoms. The number of H-pyrrole nitrogens is 1. The number of nitrogens with one attached hydrogen (secondary N) is 1. The maximum absolute atomic E-state index is 10.1. The van der Waals surface area contributed by atoms with Crippen molar-refractivity contribution in [3.05, 3.63) is 24.0 Å². The molecule has 1 heterocycles. The van der Waals surface area contributed by atoms with Gasteiger partial charge in [0.25, 0.3) is 0 Å². The summed E-state index contributed by atoms with van der Waals surface area (Å²) in [5.74, 6) is 0. The number of likely N-dealkylation sites (N-methyl/N-ethyl adjacent to an activating group) is 1. The lowest BCUT2D eigenvalue weighted by atomic mass is 9.82. The van der Waals surface area contributed by atoms with Gasteiger partial charge < -0.3 is 20.7 Å². The summed E-state index contributed by atoms with van der Waals surface area (Å²) in [6.07, 6.45) is 8.89. The van der Waals surface area contributed by atoms with Crippen LogP contribution in [0.3, 0.4) is 0 Å². The Morgan fingerprint density at radius 2 is 2.22 bits per heavy atom. The standard InChI is InChI=1S/C14H25N3O/c1-17(9-5-12-4-8-16-10-12)13-2-6-14(18,11-15)7-3-13/h4,8,10,13,16,18H,2-3,5-7,9,11,15H2,1H3. The molecule has 0 atom stereocenters. The van der Waals surface area contributed by atoms with Crippen molar-refractivity contribution in [1.29, 1.82) is 0 Å². The third-order valence-corrected chi connectivity index (χ3v) is 4.30. The molecule has 0 aliphatic heterocycles. The van der Waals surface area contributed by atoms with Gasteiger partial charge in [0.05, 0.1) is 5.60 Å². The highest BCUT2D eigenvalue weighted by Crippen LogP contribution is 2.29. The predicted octanol–water partition coefficient (Wildman–Crippen LogP) is 1.12. The summed E-state index contributed by atoms with van der Waals surface area (Å²) in [5.41, 5.74) is 6.37. The van der Waals surface area contributed by atoms with E-state index < -0.39 is 5.60 Å². The minimum atomic E-state index is -0.599. The Kier molecular flexibility index (Phi) is 4.43. The summed E-state index contributed by atoms with van der Waals surface area (Å²) < 4.78 is 0. The fourth-order valence-electron chi connectivity index (χ4n) is 2.79. The number of aliphatic hydroxyl groups is 1. The van der Waals surface area contributed by atoms with Crippen LogP contribution in [0, 0.1) is 0 Å². The third kappa shape index (κ3) is 3.34. The Balaban J connectivity index is 1.75. The molecule has 4 N–H and O–H groups in total. The highest BCUT2D eigenvalue weighted by Gasteiger charge is 2.33. The fraction of sp³-hybridized carbons (Fsp3) is 0.714. The molecular formula is C14H25N3O. The number of hydrogen-bond donors (Lipinski definition) is 3. The van der Waals surface area contributed by atoms with Crippen LogP contribution < -0.4 is 5.73 Å². The molecule has 0 saturated heterocycles. The molecule has 0 bridgehead atoms. The van der Waals surface area contributed by atoms with Crippen molar-refractivity contribution < 1.29 is 5.11 Å². The lowest BCUT2D eigenvalue weighted by molar-refractivity contribution is -0.00922. The van der Waals surface area contributed by atoms with Crippen molar-refractivity contribution >= 4 is 0 Å². The summed E-state index contributed by atoms with van der Waals surface area (Å²) in [5, 5.41) is 10.1. The number of nitrogens with two attached hydrogens (primary N) is 1. The Labute approximate surface area is 109 Å². The van der Waals surface area contributed by atoms with Gasteiger partial charge in [0.1, 0.15) is 0 Å². The number of nitrogens with zero attached hydrogens (tertiary/aromatic N) is 1. The van der Waals surface area contributed by atoms with E-state index in [9.17, 15) is 5.11 Å². The van der Waals surface area contributed by atoms with Crippen molar-refractivity contribution in [3.8, 4) is 0 Å². The number of aromatic amines is 1. The Bertz CT molecular complexity index is 342. The van der Waals surface area contributed by atoms with E-state index in [0.29, 0.717) is 12.6 Å². The van der Waals surface area contributed by atoms with Crippen LogP contribution in [0.15, 0.2) is 18.5 Å². The van der Waals surface area contributed by atoms with Crippen LogP contribution >= 0.6 is 0 Å². The SMILES string of the molecule is CN(CCc1cc[nH]c1)C1CCC(O)(CN)CC1. The molecule has 0 aromatic carbocycles. The topological polar surface area (TPSA) is 65.3 Å². The van der Waals surface area contributed by atoms with Crippen LogP contribution in [0.5, 0.6) is 0 Å². The molecule has 0 unspecified atom stereocenters. The second-order valence-corrected chi connectivity index (χ2v) is 5.61. The van der Waals surface area contributed by atoms with Gasteiger partial charge in [0.2, 0.25) is 0 Å². The monoisotopic (exact) mass is 251 g/mol. The zero-order valence-electron chi connectivity index (χ0n) is 11.2. The van der Waals surface area contributed by atoms with Crippen LogP contribution in [0.1, 0.15) is 31.2 Å². The number of hydrogen-bond acceptors (Lipinski definition) is 3. The molecule has 102 valence electrons. The highest BCUT2D eigenvalue weighted by molar-refractivity contribution is 5.08. The van der Waals surface area contributed by atoms with E-state index in [1.807, 2.05) is 6.20 Å². The van der Waals surface area contributed by atoms with Gasteiger partial charge in [-0.25, -0.2) is 0 Å². The van der Waals surface area contributed by atoms with Crippen LogP contribution in [0.2, 0.25) is 0 Å².